The van der Waals surface area contributed by atoms with Crippen LogP contribution in [0.5, 0.6) is 0 Å². The first-order valence-corrected chi connectivity index (χ1v) is 5.51. The maximum absolute atomic E-state index is 11.5. The van der Waals surface area contributed by atoms with Crippen LogP contribution in [0.4, 0.5) is 0 Å². The molecule has 1 aromatic heterocycles. The van der Waals surface area contributed by atoms with E-state index in [4.69, 9.17) is 11.6 Å². The van der Waals surface area contributed by atoms with Crippen molar-refractivity contribution >= 4 is 34.5 Å². The number of Topliss-reactive ketones (excluding diaryl/α,β-unsaturated/α-hetero) is 2. The number of rotatable bonds is 4. The van der Waals surface area contributed by atoms with Gasteiger partial charge in [0.25, 0.3) is 0 Å². The van der Waals surface area contributed by atoms with Crippen LogP contribution < -0.4 is 0 Å². The van der Waals surface area contributed by atoms with Crippen molar-refractivity contribution in [3.8, 4) is 0 Å². The predicted octanol–water partition coefficient (Wildman–Crippen LogP) is 3.20. The van der Waals surface area contributed by atoms with Crippen molar-refractivity contribution < 1.29 is 9.59 Å². The van der Waals surface area contributed by atoms with Crippen LogP contribution in [0.1, 0.15) is 29.9 Å². The number of ketones is 2. The molecule has 1 heterocycles. The Kier molecular flexibility index (Phi) is 3.84. The van der Waals surface area contributed by atoms with Crippen LogP contribution in [0, 0.1) is 5.92 Å². The average Bonchev–Trinajstić information content (AvgIpc) is 2.51. The Hall–Kier alpha value is -0.670. The van der Waals surface area contributed by atoms with Crippen LogP contribution in [0.15, 0.2) is 12.1 Å². The molecular weight excluding hydrogens is 220 g/mol. The zero-order valence-electron chi connectivity index (χ0n) is 8.04. The highest BCUT2D eigenvalue weighted by Gasteiger charge is 2.15. The number of carbonyl (C=O) groups excluding carboxylic acids is 2. The van der Waals surface area contributed by atoms with Gasteiger partial charge in [-0.2, -0.15) is 0 Å². The highest BCUT2D eigenvalue weighted by molar-refractivity contribution is 7.18. The summed E-state index contributed by atoms with van der Waals surface area (Å²) in [4.78, 5) is 23.3. The van der Waals surface area contributed by atoms with E-state index in [1.807, 2.05) is 0 Å². The van der Waals surface area contributed by atoms with Gasteiger partial charge in [0.1, 0.15) is 5.78 Å². The molecule has 0 bridgehead atoms. The Morgan fingerprint density at radius 1 is 1.43 bits per heavy atom. The molecule has 0 fully saturated rings. The molecule has 0 radical (unpaired) electrons. The standard InChI is InChI=1S/C10H11ClO2S/c1-6(2)7(12)5-8(13)9-3-4-10(11)14-9/h3-4,6H,5H2,1-2H3. The minimum atomic E-state index is -0.138. The molecule has 0 amide bonds. The lowest BCUT2D eigenvalue weighted by Crippen LogP contribution is -2.12. The quantitative estimate of drug-likeness (QED) is 0.588. The zero-order chi connectivity index (χ0) is 10.7. The Labute approximate surface area is 91.9 Å². The maximum Gasteiger partial charge on any atom is 0.180 e. The second-order valence-electron chi connectivity index (χ2n) is 3.32. The van der Waals surface area contributed by atoms with Gasteiger partial charge in [0.15, 0.2) is 5.78 Å². The average molecular weight is 231 g/mol. The maximum atomic E-state index is 11.5. The van der Waals surface area contributed by atoms with Crippen molar-refractivity contribution in [1.82, 2.24) is 0 Å². The summed E-state index contributed by atoms with van der Waals surface area (Å²) in [6.07, 6.45) is -0.0193. The number of halogens is 1. The van der Waals surface area contributed by atoms with Gasteiger partial charge in [0, 0.05) is 5.92 Å². The van der Waals surface area contributed by atoms with Crippen molar-refractivity contribution in [2.24, 2.45) is 5.92 Å². The monoisotopic (exact) mass is 230 g/mol. The predicted molar refractivity (Wildman–Crippen MR) is 58.1 cm³/mol. The summed E-state index contributed by atoms with van der Waals surface area (Å²) in [5.74, 6) is -0.255. The molecule has 1 rings (SSSR count). The summed E-state index contributed by atoms with van der Waals surface area (Å²) in [6, 6.07) is 3.32. The highest BCUT2D eigenvalue weighted by Crippen LogP contribution is 2.22. The number of thiophene rings is 1. The summed E-state index contributed by atoms with van der Waals surface area (Å²) >= 11 is 6.90. The molecule has 2 nitrogen and oxygen atoms in total. The zero-order valence-corrected chi connectivity index (χ0v) is 9.61. The van der Waals surface area contributed by atoms with Gasteiger partial charge < -0.3 is 0 Å². The van der Waals surface area contributed by atoms with Crippen LogP contribution in [-0.4, -0.2) is 11.6 Å². The van der Waals surface area contributed by atoms with E-state index in [1.54, 1.807) is 26.0 Å². The number of hydrogen-bond donors (Lipinski definition) is 0. The Balaban J connectivity index is 2.64. The molecule has 4 heteroatoms. The Morgan fingerprint density at radius 2 is 2.07 bits per heavy atom. The molecule has 0 N–H and O–H groups in total. The summed E-state index contributed by atoms with van der Waals surface area (Å²) < 4.78 is 0.574. The first kappa shape index (κ1) is 11.4. The smallest absolute Gasteiger partial charge is 0.180 e. The van der Waals surface area contributed by atoms with Crippen LogP contribution >= 0.6 is 22.9 Å². The fourth-order valence-electron chi connectivity index (χ4n) is 0.914. The van der Waals surface area contributed by atoms with Crippen LogP contribution in [-0.2, 0) is 4.79 Å². The summed E-state index contributed by atoms with van der Waals surface area (Å²) in [5.41, 5.74) is 0. The Bertz CT molecular complexity index is 355. The molecule has 0 atom stereocenters. The van der Waals surface area contributed by atoms with Crippen molar-refractivity contribution in [2.45, 2.75) is 20.3 Å². The van der Waals surface area contributed by atoms with Gasteiger partial charge in [0.2, 0.25) is 0 Å². The van der Waals surface area contributed by atoms with Crippen LogP contribution in [0.3, 0.4) is 0 Å². The molecule has 0 saturated heterocycles. The van der Waals surface area contributed by atoms with Gasteiger partial charge in [-0.25, -0.2) is 0 Å². The number of carbonyl (C=O) groups is 2. The third kappa shape index (κ3) is 2.93. The molecule has 0 aliphatic rings. The SMILES string of the molecule is CC(C)C(=O)CC(=O)c1ccc(Cl)s1. The second kappa shape index (κ2) is 4.71. The molecule has 76 valence electrons. The summed E-state index contributed by atoms with van der Waals surface area (Å²) in [5, 5.41) is 0. The van der Waals surface area contributed by atoms with Crippen molar-refractivity contribution in [1.29, 1.82) is 0 Å². The van der Waals surface area contributed by atoms with Gasteiger partial charge in [-0.05, 0) is 12.1 Å². The summed E-state index contributed by atoms with van der Waals surface area (Å²) in [6.45, 7) is 3.58. The molecular formula is C10H11ClO2S. The molecule has 0 aromatic carbocycles. The summed E-state index contributed by atoms with van der Waals surface area (Å²) in [7, 11) is 0. The minimum Gasteiger partial charge on any atom is -0.299 e. The molecule has 0 saturated carbocycles. The largest absolute Gasteiger partial charge is 0.299 e. The van der Waals surface area contributed by atoms with E-state index in [0.717, 1.165) is 0 Å². The molecule has 0 spiro atoms. The van der Waals surface area contributed by atoms with Crippen LogP contribution in [0.2, 0.25) is 4.34 Å². The van der Waals surface area contributed by atoms with E-state index in [2.05, 4.69) is 0 Å². The lowest BCUT2D eigenvalue weighted by molar-refractivity contribution is -0.121. The Morgan fingerprint density at radius 3 is 2.50 bits per heavy atom. The lowest BCUT2D eigenvalue weighted by Gasteiger charge is -2.01. The van der Waals surface area contributed by atoms with Crippen molar-refractivity contribution in [3.05, 3.63) is 21.3 Å². The van der Waals surface area contributed by atoms with Gasteiger partial charge >= 0.3 is 0 Å². The van der Waals surface area contributed by atoms with Gasteiger partial charge in [-0.3, -0.25) is 9.59 Å². The van der Waals surface area contributed by atoms with E-state index in [1.165, 1.54) is 11.3 Å². The van der Waals surface area contributed by atoms with E-state index >= 15 is 0 Å². The third-order valence-electron chi connectivity index (χ3n) is 1.83. The molecule has 0 unspecified atom stereocenters. The van der Waals surface area contributed by atoms with E-state index in [0.29, 0.717) is 9.21 Å². The van der Waals surface area contributed by atoms with Crippen LogP contribution in [0.25, 0.3) is 0 Å². The molecule has 0 aliphatic carbocycles. The fourth-order valence-corrected chi connectivity index (χ4v) is 1.89. The van der Waals surface area contributed by atoms with Crippen molar-refractivity contribution in [3.63, 3.8) is 0 Å². The lowest BCUT2D eigenvalue weighted by atomic mass is 10.0. The van der Waals surface area contributed by atoms with Crippen molar-refractivity contribution in [2.75, 3.05) is 0 Å². The van der Waals surface area contributed by atoms with Gasteiger partial charge in [-0.15, -0.1) is 11.3 Å². The minimum absolute atomic E-state index is 0.0193. The molecule has 14 heavy (non-hydrogen) atoms. The highest BCUT2D eigenvalue weighted by atomic mass is 35.5. The molecule has 1 aromatic rings. The first-order chi connectivity index (χ1) is 6.50. The third-order valence-corrected chi connectivity index (χ3v) is 3.10. The normalized spacial score (nSPS) is 10.6. The van der Waals surface area contributed by atoms with Gasteiger partial charge in [0.05, 0.1) is 15.6 Å². The topological polar surface area (TPSA) is 34.1 Å². The number of hydrogen-bond acceptors (Lipinski definition) is 3. The van der Waals surface area contributed by atoms with Gasteiger partial charge in [-0.1, -0.05) is 25.4 Å². The van der Waals surface area contributed by atoms with E-state index in [9.17, 15) is 9.59 Å². The molecule has 0 aliphatic heterocycles. The second-order valence-corrected chi connectivity index (χ2v) is 5.04. The first-order valence-electron chi connectivity index (χ1n) is 4.32. The van der Waals surface area contributed by atoms with E-state index < -0.39 is 0 Å². The van der Waals surface area contributed by atoms with E-state index in [-0.39, 0.29) is 23.9 Å². The fraction of sp³-hybridized carbons (Fsp3) is 0.400.